The standard InChI is InChI=1S/C14H17ClO4/c1-4-8-12(14(2,3)6-11(16)17)9(15)5-10-13(8)19-7-18-10/h5H,4,6-7H2,1-3H3,(H,16,17). The molecule has 0 amide bonds. The number of halogens is 1. The molecule has 19 heavy (non-hydrogen) atoms. The first-order valence-electron chi connectivity index (χ1n) is 6.20. The van der Waals surface area contributed by atoms with Gasteiger partial charge in [-0.15, -0.1) is 0 Å². The van der Waals surface area contributed by atoms with Crippen LogP contribution in [0.5, 0.6) is 11.5 Å². The van der Waals surface area contributed by atoms with Crippen LogP contribution in [0.25, 0.3) is 0 Å². The minimum absolute atomic E-state index is 0.0133. The minimum atomic E-state index is -0.846. The van der Waals surface area contributed by atoms with Crippen molar-refractivity contribution in [1.29, 1.82) is 0 Å². The van der Waals surface area contributed by atoms with Gasteiger partial charge in [0.1, 0.15) is 0 Å². The van der Waals surface area contributed by atoms with E-state index in [0.717, 1.165) is 11.1 Å². The number of carbonyl (C=O) groups is 1. The molecule has 0 fully saturated rings. The predicted octanol–water partition coefficient (Wildman–Crippen LogP) is 3.38. The number of benzene rings is 1. The lowest BCUT2D eigenvalue weighted by Gasteiger charge is -2.27. The van der Waals surface area contributed by atoms with Crippen LogP contribution in [0, 0.1) is 0 Å². The van der Waals surface area contributed by atoms with Crippen molar-refractivity contribution >= 4 is 17.6 Å². The molecule has 1 heterocycles. The van der Waals surface area contributed by atoms with Gasteiger partial charge in [0.15, 0.2) is 11.5 Å². The molecule has 104 valence electrons. The lowest BCUT2D eigenvalue weighted by molar-refractivity contribution is -0.138. The Hall–Kier alpha value is -1.42. The summed E-state index contributed by atoms with van der Waals surface area (Å²) in [7, 11) is 0. The van der Waals surface area contributed by atoms with Gasteiger partial charge in [0.25, 0.3) is 0 Å². The van der Waals surface area contributed by atoms with E-state index in [2.05, 4.69) is 0 Å². The number of hydrogen-bond acceptors (Lipinski definition) is 3. The molecule has 1 aliphatic heterocycles. The molecule has 0 atom stereocenters. The third-order valence-electron chi connectivity index (χ3n) is 3.34. The average molecular weight is 285 g/mol. The fourth-order valence-electron chi connectivity index (χ4n) is 2.61. The maximum Gasteiger partial charge on any atom is 0.304 e. The van der Waals surface area contributed by atoms with Crippen LogP contribution in [0.3, 0.4) is 0 Å². The topological polar surface area (TPSA) is 55.8 Å². The Balaban J connectivity index is 2.59. The lowest BCUT2D eigenvalue weighted by Crippen LogP contribution is -2.24. The zero-order valence-corrected chi connectivity index (χ0v) is 12.0. The van der Waals surface area contributed by atoms with E-state index in [-0.39, 0.29) is 13.2 Å². The molecule has 0 saturated heterocycles. The molecule has 5 heteroatoms. The highest BCUT2D eigenvalue weighted by Crippen LogP contribution is 2.46. The second kappa shape index (κ2) is 4.93. The minimum Gasteiger partial charge on any atom is -0.481 e. The molecule has 1 N–H and O–H groups in total. The third kappa shape index (κ3) is 2.50. The zero-order chi connectivity index (χ0) is 14.2. The molecular weight excluding hydrogens is 268 g/mol. The van der Waals surface area contributed by atoms with Crippen LogP contribution in [0.1, 0.15) is 38.3 Å². The van der Waals surface area contributed by atoms with Crippen molar-refractivity contribution in [2.24, 2.45) is 0 Å². The molecule has 0 saturated carbocycles. The van der Waals surface area contributed by atoms with Gasteiger partial charge in [-0.2, -0.15) is 0 Å². The van der Waals surface area contributed by atoms with Crippen molar-refractivity contribution in [2.75, 3.05) is 6.79 Å². The Bertz CT molecular complexity index is 523. The van der Waals surface area contributed by atoms with E-state index in [4.69, 9.17) is 26.2 Å². The second-order valence-corrected chi connectivity index (χ2v) is 5.66. The number of fused-ring (bicyclic) bond motifs is 1. The van der Waals surface area contributed by atoms with Crippen LogP contribution >= 0.6 is 11.6 Å². The summed E-state index contributed by atoms with van der Waals surface area (Å²) in [4.78, 5) is 11.0. The Labute approximate surface area is 117 Å². The fraction of sp³-hybridized carbons (Fsp3) is 0.500. The summed E-state index contributed by atoms with van der Waals surface area (Å²) < 4.78 is 10.8. The van der Waals surface area contributed by atoms with Crippen molar-refractivity contribution < 1.29 is 19.4 Å². The molecule has 0 radical (unpaired) electrons. The summed E-state index contributed by atoms with van der Waals surface area (Å²) >= 11 is 6.33. The van der Waals surface area contributed by atoms with Gasteiger partial charge in [-0.3, -0.25) is 4.79 Å². The molecule has 1 aromatic carbocycles. The van der Waals surface area contributed by atoms with Gasteiger partial charge in [-0.1, -0.05) is 32.4 Å². The molecule has 0 aromatic heterocycles. The van der Waals surface area contributed by atoms with Gasteiger partial charge >= 0.3 is 5.97 Å². The molecule has 1 aromatic rings. The van der Waals surface area contributed by atoms with Crippen molar-refractivity contribution in [1.82, 2.24) is 0 Å². The number of hydrogen-bond donors (Lipinski definition) is 1. The van der Waals surface area contributed by atoms with Crippen LogP contribution in [-0.2, 0) is 16.6 Å². The van der Waals surface area contributed by atoms with Crippen LogP contribution in [0.4, 0.5) is 0 Å². The monoisotopic (exact) mass is 284 g/mol. The molecule has 2 rings (SSSR count). The molecule has 0 aliphatic carbocycles. The van der Waals surface area contributed by atoms with Crippen molar-refractivity contribution in [2.45, 2.75) is 39.0 Å². The van der Waals surface area contributed by atoms with Crippen molar-refractivity contribution in [3.63, 3.8) is 0 Å². The van der Waals surface area contributed by atoms with Gasteiger partial charge in [-0.05, 0) is 12.0 Å². The molecule has 0 bridgehead atoms. The Morgan fingerprint density at radius 1 is 1.47 bits per heavy atom. The van der Waals surface area contributed by atoms with E-state index in [0.29, 0.717) is 22.9 Å². The summed E-state index contributed by atoms with van der Waals surface area (Å²) in [6.07, 6.45) is 0.726. The third-order valence-corrected chi connectivity index (χ3v) is 3.64. The van der Waals surface area contributed by atoms with Gasteiger partial charge in [0.2, 0.25) is 6.79 Å². The lowest BCUT2D eigenvalue weighted by atomic mass is 9.78. The average Bonchev–Trinajstić information content (AvgIpc) is 2.72. The second-order valence-electron chi connectivity index (χ2n) is 5.25. The highest BCUT2D eigenvalue weighted by atomic mass is 35.5. The number of aliphatic carboxylic acids is 1. The predicted molar refractivity (Wildman–Crippen MR) is 72.2 cm³/mol. The van der Waals surface area contributed by atoms with E-state index >= 15 is 0 Å². The quantitative estimate of drug-likeness (QED) is 0.921. The molecule has 1 aliphatic rings. The number of carboxylic acid groups (broad SMARTS) is 1. The van der Waals surface area contributed by atoms with Gasteiger partial charge < -0.3 is 14.6 Å². The smallest absolute Gasteiger partial charge is 0.304 e. The van der Waals surface area contributed by atoms with Crippen molar-refractivity contribution in [3.8, 4) is 11.5 Å². The van der Waals surface area contributed by atoms with Gasteiger partial charge in [0, 0.05) is 22.1 Å². The molecule has 0 unspecified atom stereocenters. The number of ether oxygens (including phenoxy) is 2. The highest BCUT2D eigenvalue weighted by Gasteiger charge is 2.33. The Morgan fingerprint density at radius 2 is 2.16 bits per heavy atom. The number of rotatable bonds is 4. The van der Waals surface area contributed by atoms with E-state index in [9.17, 15) is 4.79 Å². The zero-order valence-electron chi connectivity index (χ0n) is 11.2. The molecule has 0 spiro atoms. The van der Waals surface area contributed by atoms with Crippen LogP contribution < -0.4 is 9.47 Å². The fourth-order valence-corrected chi connectivity index (χ4v) is 3.08. The van der Waals surface area contributed by atoms with Crippen LogP contribution in [0.2, 0.25) is 5.02 Å². The summed E-state index contributed by atoms with van der Waals surface area (Å²) in [5.41, 5.74) is 1.21. The van der Waals surface area contributed by atoms with Crippen LogP contribution in [-0.4, -0.2) is 17.9 Å². The van der Waals surface area contributed by atoms with Crippen molar-refractivity contribution in [3.05, 3.63) is 22.2 Å². The first kappa shape index (κ1) is 14.0. The van der Waals surface area contributed by atoms with E-state index in [1.807, 2.05) is 20.8 Å². The normalized spacial score (nSPS) is 13.7. The first-order chi connectivity index (χ1) is 8.86. The van der Waals surface area contributed by atoms with E-state index in [1.165, 1.54) is 0 Å². The maximum absolute atomic E-state index is 11.0. The molecular formula is C14H17ClO4. The summed E-state index contributed by atoms with van der Waals surface area (Å²) in [5.74, 6) is 0.484. The largest absolute Gasteiger partial charge is 0.481 e. The van der Waals surface area contributed by atoms with Crippen LogP contribution in [0.15, 0.2) is 6.07 Å². The maximum atomic E-state index is 11.0. The Morgan fingerprint density at radius 3 is 2.74 bits per heavy atom. The highest BCUT2D eigenvalue weighted by molar-refractivity contribution is 6.32. The summed E-state index contributed by atoms with van der Waals surface area (Å²) in [5, 5.41) is 9.59. The first-order valence-corrected chi connectivity index (χ1v) is 6.58. The van der Waals surface area contributed by atoms with Gasteiger partial charge in [-0.25, -0.2) is 0 Å². The SMILES string of the molecule is CCc1c2c(cc(Cl)c1C(C)(C)CC(=O)O)OCO2. The number of carboxylic acids is 1. The van der Waals surface area contributed by atoms with Gasteiger partial charge in [0.05, 0.1) is 6.42 Å². The summed E-state index contributed by atoms with van der Waals surface area (Å²) in [6, 6.07) is 1.71. The summed E-state index contributed by atoms with van der Waals surface area (Å²) in [6.45, 7) is 5.93. The molecule has 4 nitrogen and oxygen atoms in total. The van der Waals surface area contributed by atoms with E-state index < -0.39 is 11.4 Å². The Kier molecular flexibility index (Phi) is 3.63. The van der Waals surface area contributed by atoms with E-state index in [1.54, 1.807) is 6.07 Å².